The maximum atomic E-state index is 12.7. The van der Waals surface area contributed by atoms with E-state index in [0.717, 1.165) is 22.2 Å². The summed E-state index contributed by atoms with van der Waals surface area (Å²) in [6.45, 7) is 6.76. The molecule has 2 unspecified atom stereocenters. The topological polar surface area (TPSA) is 116 Å². The molecule has 0 heterocycles. The van der Waals surface area contributed by atoms with Crippen LogP contribution < -0.4 is 21.3 Å². The smallest absolute Gasteiger partial charge is 0.379 e. The molecule has 2 rings (SSSR count). The molecule has 0 aliphatic carbocycles. The maximum absolute atomic E-state index is 12.7. The predicted molar refractivity (Wildman–Crippen MR) is 158 cm³/mol. The van der Waals surface area contributed by atoms with Crippen LogP contribution >= 0.6 is 11.8 Å². The van der Waals surface area contributed by atoms with Crippen LogP contribution in [0.2, 0.25) is 0 Å². The summed E-state index contributed by atoms with van der Waals surface area (Å²) in [5.41, 5.74) is 0.882. The number of allylic oxidation sites excluding steroid dienone is 2. The van der Waals surface area contributed by atoms with E-state index in [9.17, 15) is 45.5 Å². The number of anilines is 2. The number of hydrogen-bond donors (Lipinski definition) is 4. The number of halogens is 6. The van der Waals surface area contributed by atoms with Crippen molar-refractivity contribution in [3.05, 3.63) is 73.1 Å². The van der Waals surface area contributed by atoms with Crippen LogP contribution in [0.1, 0.15) is 27.7 Å². The summed E-state index contributed by atoms with van der Waals surface area (Å²) < 4.78 is 74.3. The van der Waals surface area contributed by atoms with E-state index in [0.29, 0.717) is 23.5 Å². The van der Waals surface area contributed by atoms with Crippen molar-refractivity contribution in [3.63, 3.8) is 0 Å². The van der Waals surface area contributed by atoms with E-state index in [4.69, 9.17) is 0 Å². The Morgan fingerprint density at radius 3 is 1.18 bits per heavy atom. The van der Waals surface area contributed by atoms with Gasteiger partial charge in [-0.3, -0.25) is 19.2 Å². The molecular formula is C30H32F6N4O4S. The molecule has 2 aromatic carbocycles. The quantitative estimate of drug-likeness (QED) is 0.140. The van der Waals surface area contributed by atoms with Crippen molar-refractivity contribution in [2.24, 2.45) is 11.8 Å². The van der Waals surface area contributed by atoms with Gasteiger partial charge in [-0.25, -0.2) is 0 Å². The molecule has 0 aliphatic rings. The summed E-state index contributed by atoms with van der Waals surface area (Å²) >= 11 is 1.38. The second-order valence-corrected chi connectivity index (χ2v) is 11.4. The number of amides is 2. The van der Waals surface area contributed by atoms with Gasteiger partial charge in [0, 0.05) is 45.7 Å². The van der Waals surface area contributed by atoms with Crippen LogP contribution in [0.25, 0.3) is 0 Å². The van der Waals surface area contributed by atoms with E-state index in [1.807, 2.05) is 0 Å². The van der Waals surface area contributed by atoms with Crippen molar-refractivity contribution >= 4 is 46.5 Å². The van der Waals surface area contributed by atoms with Gasteiger partial charge < -0.3 is 21.3 Å². The van der Waals surface area contributed by atoms with Gasteiger partial charge >= 0.3 is 12.4 Å². The van der Waals surface area contributed by atoms with Crippen molar-refractivity contribution in [3.8, 4) is 0 Å². The van der Waals surface area contributed by atoms with Crippen LogP contribution in [0.4, 0.5) is 37.7 Å². The number of carbonyl (C=O) groups is 4. The molecule has 0 spiro atoms. The maximum Gasteiger partial charge on any atom is 0.454 e. The van der Waals surface area contributed by atoms with Crippen molar-refractivity contribution < 1.29 is 45.5 Å². The Balaban J connectivity index is 1.96. The Kier molecular flexibility index (Phi) is 13.3. The van der Waals surface area contributed by atoms with Crippen molar-refractivity contribution in [2.45, 2.75) is 61.9 Å². The summed E-state index contributed by atoms with van der Waals surface area (Å²) in [5.74, 6) is -5.72. The fourth-order valence-electron chi connectivity index (χ4n) is 3.57. The highest BCUT2D eigenvalue weighted by molar-refractivity contribution is 7.99. The van der Waals surface area contributed by atoms with Gasteiger partial charge in [-0.1, -0.05) is 39.5 Å². The third-order valence-corrected chi connectivity index (χ3v) is 6.97. The van der Waals surface area contributed by atoms with E-state index in [-0.39, 0.29) is 11.8 Å². The molecule has 2 aromatic rings. The molecule has 2 amide bonds. The number of rotatable bonds is 14. The minimum atomic E-state index is -5.00. The van der Waals surface area contributed by atoms with Gasteiger partial charge in [0.1, 0.15) is 12.1 Å². The third-order valence-electron chi connectivity index (χ3n) is 5.96. The van der Waals surface area contributed by atoms with Gasteiger partial charge in [0.2, 0.25) is 11.8 Å². The number of nitrogens with one attached hydrogen (secondary N) is 4. The summed E-state index contributed by atoms with van der Waals surface area (Å²) in [7, 11) is 0. The summed E-state index contributed by atoms with van der Waals surface area (Å²) in [5, 5.41) is 10.4. The Hall–Kier alpha value is -4.27. The zero-order valence-electron chi connectivity index (χ0n) is 24.5. The SMILES string of the molecule is CC(C)C(NC=CC(=O)C(F)(F)F)C(=O)Nc1ccc(Sc2ccc(NC(=O)C(NC=CC(=O)C(F)(F)F)C(C)C)cc2)cc1. The van der Waals surface area contributed by atoms with Crippen LogP contribution in [0.3, 0.4) is 0 Å². The first-order valence-electron chi connectivity index (χ1n) is 13.5. The lowest BCUT2D eigenvalue weighted by molar-refractivity contribution is -0.165. The highest BCUT2D eigenvalue weighted by Crippen LogP contribution is 2.29. The Bertz CT molecular complexity index is 1280. The second kappa shape index (κ2) is 16.2. The molecule has 0 aliphatic heterocycles. The molecule has 0 saturated heterocycles. The number of hydrogen-bond acceptors (Lipinski definition) is 7. The highest BCUT2D eigenvalue weighted by Gasteiger charge is 2.37. The number of benzene rings is 2. The molecule has 45 heavy (non-hydrogen) atoms. The Morgan fingerprint density at radius 2 is 0.911 bits per heavy atom. The molecule has 0 aromatic heterocycles. The lowest BCUT2D eigenvalue weighted by Gasteiger charge is -2.21. The van der Waals surface area contributed by atoms with Crippen molar-refractivity contribution in [2.75, 3.05) is 10.6 Å². The monoisotopic (exact) mass is 658 g/mol. The van der Waals surface area contributed by atoms with Gasteiger partial charge in [-0.05, 0) is 60.4 Å². The van der Waals surface area contributed by atoms with E-state index in [1.165, 1.54) is 11.8 Å². The molecule has 2 atom stereocenters. The van der Waals surface area contributed by atoms with E-state index in [2.05, 4.69) is 21.3 Å². The number of carbonyl (C=O) groups excluding carboxylic acids is 4. The van der Waals surface area contributed by atoms with Gasteiger partial charge in [-0.15, -0.1) is 0 Å². The largest absolute Gasteiger partial charge is 0.454 e. The molecule has 0 radical (unpaired) electrons. The van der Waals surface area contributed by atoms with Crippen molar-refractivity contribution in [1.82, 2.24) is 10.6 Å². The fraction of sp³-hybridized carbons (Fsp3) is 0.333. The van der Waals surface area contributed by atoms with Gasteiger partial charge in [0.15, 0.2) is 0 Å². The first-order chi connectivity index (χ1) is 20.9. The second-order valence-electron chi connectivity index (χ2n) is 10.3. The standard InChI is InChI=1S/C30H32F6N4O4S/c1-17(2)25(37-15-13-23(41)29(31,32)33)27(43)39-19-5-9-21(10-6-19)45-22-11-7-20(8-12-22)40-28(44)26(18(3)4)38-16-14-24(42)30(34,35)36/h5-18,25-26,37-38H,1-4H3,(H,39,43)(H,40,44). The minimum absolute atomic E-state index is 0.309. The van der Waals surface area contributed by atoms with Crippen LogP contribution in [-0.4, -0.2) is 47.8 Å². The lowest BCUT2D eigenvalue weighted by Crippen LogP contribution is -2.42. The third kappa shape index (κ3) is 12.3. The molecule has 0 saturated carbocycles. The predicted octanol–water partition coefficient (Wildman–Crippen LogP) is 6.23. The number of ketones is 2. The first-order valence-corrected chi connectivity index (χ1v) is 14.3. The normalized spacial score (nSPS) is 13.6. The molecule has 15 heteroatoms. The van der Waals surface area contributed by atoms with Gasteiger partial charge in [0.05, 0.1) is 0 Å². The summed E-state index contributed by atoms with van der Waals surface area (Å²) in [6.07, 6.45) is -7.75. The Labute approximate surface area is 260 Å². The highest BCUT2D eigenvalue weighted by atomic mass is 32.2. The average molecular weight is 659 g/mol. The van der Waals surface area contributed by atoms with Crippen LogP contribution in [0.5, 0.6) is 0 Å². The minimum Gasteiger partial charge on any atom is -0.379 e. The van der Waals surface area contributed by atoms with Gasteiger partial charge in [0.25, 0.3) is 11.6 Å². The van der Waals surface area contributed by atoms with E-state index < -0.39 is 47.8 Å². The number of alkyl halides is 6. The zero-order chi connectivity index (χ0) is 33.9. The van der Waals surface area contributed by atoms with E-state index >= 15 is 0 Å². The molecule has 4 N–H and O–H groups in total. The van der Waals surface area contributed by atoms with Gasteiger partial charge in [-0.2, -0.15) is 26.3 Å². The fourth-order valence-corrected chi connectivity index (χ4v) is 4.39. The molecule has 8 nitrogen and oxygen atoms in total. The molecule has 0 bridgehead atoms. The van der Waals surface area contributed by atoms with Crippen LogP contribution in [0, 0.1) is 11.8 Å². The molecule has 244 valence electrons. The van der Waals surface area contributed by atoms with Crippen LogP contribution in [0.15, 0.2) is 82.9 Å². The summed E-state index contributed by atoms with van der Waals surface area (Å²) in [6, 6.07) is 11.7. The summed E-state index contributed by atoms with van der Waals surface area (Å²) in [4.78, 5) is 49.0. The first kappa shape index (κ1) is 36.9. The molecular weight excluding hydrogens is 626 g/mol. The van der Waals surface area contributed by atoms with E-state index in [1.54, 1.807) is 76.2 Å². The van der Waals surface area contributed by atoms with Crippen LogP contribution in [-0.2, 0) is 19.2 Å². The lowest BCUT2D eigenvalue weighted by atomic mass is 10.0. The average Bonchev–Trinajstić information content (AvgIpc) is 2.93. The Morgan fingerprint density at radius 1 is 0.600 bits per heavy atom. The van der Waals surface area contributed by atoms with Crippen molar-refractivity contribution in [1.29, 1.82) is 0 Å². The molecule has 0 fully saturated rings. The zero-order valence-corrected chi connectivity index (χ0v) is 25.4.